The molecule has 0 aromatic heterocycles. The maximum Gasteiger partial charge on any atom is 0.243 e. The number of carbonyl (C=O) groups excluding carboxylic acids is 1. The fraction of sp³-hybridized carbons (Fsp3) is 0.846. The van der Waals surface area contributed by atoms with Gasteiger partial charge in [-0.2, -0.15) is 0 Å². The van der Waals surface area contributed by atoms with Crippen LogP contribution in [-0.2, 0) is 4.79 Å². The number of hydrogen-bond acceptors (Lipinski definition) is 2. The molecule has 5 nitrogen and oxygen atoms in total. The Labute approximate surface area is 111 Å². The largest absolute Gasteiger partial charge is 0.354 e. The van der Waals surface area contributed by atoms with Crippen molar-refractivity contribution >= 4 is 11.9 Å². The van der Waals surface area contributed by atoms with Crippen LogP contribution in [0.15, 0.2) is 4.99 Å². The van der Waals surface area contributed by atoms with Gasteiger partial charge >= 0.3 is 0 Å². The number of rotatable bonds is 4. The lowest BCUT2D eigenvalue weighted by Crippen LogP contribution is -2.50. The number of likely N-dealkylation sites (N-methyl/N-ethyl adjacent to an activating group) is 1. The normalized spacial score (nSPS) is 14.1. The first kappa shape index (κ1) is 16.7. The minimum absolute atomic E-state index is 0.00541. The van der Waals surface area contributed by atoms with Crippen LogP contribution in [0.25, 0.3) is 0 Å². The second-order valence-electron chi connectivity index (χ2n) is 5.78. The monoisotopic (exact) mass is 256 g/mol. The SMILES string of the molecule is CCC(C)NC(=NCC(=O)N(C)C)NC(C)(C)C. The van der Waals surface area contributed by atoms with Gasteiger partial charge in [-0.1, -0.05) is 6.92 Å². The average Bonchev–Trinajstić information content (AvgIpc) is 2.22. The molecule has 2 N–H and O–H groups in total. The van der Waals surface area contributed by atoms with Crippen molar-refractivity contribution in [1.29, 1.82) is 0 Å². The van der Waals surface area contributed by atoms with Crippen LogP contribution < -0.4 is 10.6 Å². The van der Waals surface area contributed by atoms with Crippen molar-refractivity contribution in [3.8, 4) is 0 Å². The van der Waals surface area contributed by atoms with E-state index >= 15 is 0 Å². The molecule has 0 radical (unpaired) electrons. The molecule has 5 heteroatoms. The van der Waals surface area contributed by atoms with Gasteiger partial charge in [-0.3, -0.25) is 4.79 Å². The third-order valence-corrected chi connectivity index (χ3v) is 2.36. The first-order valence-electron chi connectivity index (χ1n) is 6.45. The zero-order valence-electron chi connectivity index (χ0n) is 12.8. The van der Waals surface area contributed by atoms with Crippen LogP contribution >= 0.6 is 0 Å². The summed E-state index contributed by atoms with van der Waals surface area (Å²) >= 11 is 0. The van der Waals surface area contributed by atoms with E-state index in [1.807, 2.05) is 0 Å². The Bertz CT molecular complexity index is 292. The van der Waals surface area contributed by atoms with Gasteiger partial charge in [-0.15, -0.1) is 0 Å². The van der Waals surface area contributed by atoms with E-state index in [9.17, 15) is 4.79 Å². The average molecular weight is 256 g/mol. The Morgan fingerprint density at radius 3 is 2.28 bits per heavy atom. The zero-order valence-corrected chi connectivity index (χ0v) is 12.8. The molecule has 0 saturated heterocycles. The van der Waals surface area contributed by atoms with Crippen molar-refractivity contribution in [3.63, 3.8) is 0 Å². The summed E-state index contributed by atoms with van der Waals surface area (Å²) in [5, 5.41) is 6.57. The smallest absolute Gasteiger partial charge is 0.243 e. The Morgan fingerprint density at radius 2 is 1.89 bits per heavy atom. The standard InChI is InChI=1S/C13H28N4O/c1-8-10(2)15-12(16-13(3,4)5)14-9-11(18)17(6)7/h10H,8-9H2,1-7H3,(H2,14,15,16). The van der Waals surface area contributed by atoms with Crippen LogP contribution in [0.5, 0.6) is 0 Å². The Hall–Kier alpha value is -1.26. The Balaban J connectivity index is 4.64. The van der Waals surface area contributed by atoms with Gasteiger partial charge in [0, 0.05) is 25.7 Å². The Morgan fingerprint density at radius 1 is 1.33 bits per heavy atom. The third kappa shape index (κ3) is 7.92. The number of aliphatic imine (C=N–C) groups is 1. The first-order valence-corrected chi connectivity index (χ1v) is 6.45. The number of amides is 1. The highest BCUT2D eigenvalue weighted by atomic mass is 16.2. The number of nitrogens with zero attached hydrogens (tertiary/aromatic N) is 2. The molecular formula is C13H28N4O. The van der Waals surface area contributed by atoms with Gasteiger partial charge in [0.2, 0.25) is 5.91 Å². The van der Waals surface area contributed by atoms with Crippen LogP contribution in [0, 0.1) is 0 Å². The lowest BCUT2D eigenvalue weighted by atomic mass is 10.1. The molecule has 0 aliphatic carbocycles. The molecule has 0 saturated carbocycles. The van der Waals surface area contributed by atoms with Gasteiger partial charge in [-0.25, -0.2) is 4.99 Å². The van der Waals surface area contributed by atoms with Gasteiger partial charge in [0.25, 0.3) is 0 Å². The molecular weight excluding hydrogens is 228 g/mol. The summed E-state index contributed by atoms with van der Waals surface area (Å²) in [6.45, 7) is 10.6. The minimum atomic E-state index is -0.0829. The van der Waals surface area contributed by atoms with Crippen LogP contribution in [0.2, 0.25) is 0 Å². The van der Waals surface area contributed by atoms with Crippen LogP contribution in [0.4, 0.5) is 0 Å². The molecule has 0 aliphatic heterocycles. The molecule has 0 bridgehead atoms. The first-order chi connectivity index (χ1) is 8.15. The van der Waals surface area contributed by atoms with E-state index in [0.29, 0.717) is 12.0 Å². The summed E-state index contributed by atoms with van der Waals surface area (Å²) in [7, 11) is 3.47. The van der Waals surface area contributed by atoms with E-state index in [2.05, 4.69) is 50.2 Å². The highest BCUT2D eigenvalue weighted by Gasteiger charge is 2.14. The van der Waals surface area contributed by atoms with Crippen molar-refractivity contribution < 1.29 is 4.79 Å². The lowest BCUT2D eigenvalue weighted by Gasteiger charge is -2.26. The fourth-order valence-electron chi connectivity index (χ4n) is 1.10. The van der Waals surface area contributed by atoms with Crippen LogP contribution in [-0.4, -0.2) is 49.0 Å². The third-order valence-electron chi connectivity index (χ3n) is 2.36. The van der Waals surface area contributed by atoms with Gasteiger partial charge in [0.15, 0.2) is 5.96 Å². The topological polar surface area (TPSA) is 56.7 Å². The van der Waals surface area contributed by atoms with Gasteiger partial charge in [0.05, 0.1) is 0 Å². The van der Waals surface area contributed by atoms with Crippen molar-refractivity contribution in [3.05, 3.63) is 0 Å². The quantitative estimate of drug-likeness (QED) is 0.587. The maximum atomic E-state index is 11.5. The predicted octanol–water partition coefficient (Wildman–Crippen LogP) is 1.21. The Kier molecular flexibility index (Phi) is 6.73. The number of carbonyl (C=O) groups is 1. The summed E-state index contributed by atoms with van der Waals surface area (Å²) < 4.78 is 0. The molecule has 0 aromatic carbocycles. The molecule has 0 rings (SSSR count). The van der Waals surface area contributed by atoms with Crippen LogP contribution in [0.3, 0.4) is 0 Å². The van der Waals surface area contributed by atoms with Gasteiger partial charge in [-0.05, 0) is 34.1 Å². The molecule has 1 amide bonds. The minimum Gasteiger partial charge on any atom is -0.354 e. The van der Waals surface area contributed by atoms with Crippen molar-refractivity contribution in [2.45, 2.75) is 52.6 Å². The molecule has 0 heterocycles. The summed E-state index contributed by atoms with van der Waals surface area (Å²) in [6.07, 6.45) is 1.01. The van der Waals surface area contributed by atoms with E-state index in [4.69, 9.17) is 0 Å². The summed E-state index contributed by atoms with van der Waals surface area (Å²) in [5.41, 5.74) is -0.0829. The summed E-state index contributed by atoms with van der Waals surface area (Å²) in [4.78, 5) is 17.4. The number of guanidine groups is 1. The molecule has 18 heavy (non-hydrogen) atoms. The highest BCUT2D eigenvalue weighted by molar-refractivity contribution is 5.85. The van der Waals surface area contributed by atoms with Crippen molar-refractivity contribution in [2.75, 3.05) is 20.6 Å². The molecule has 1 atom stereocenters. The van der Waals surface area contributed by atoms with Crippen molar-refractivity contribution in [1.82, 2.24) is 15.5 Å². The molecule has 0 spiro atoms. The molecule has 0 aromatic rings. The van der Waals surface area contributed by atoms with Crippen molar-refractivity contribution in [2.24, 2.45) is 4.99 Å². The second-order valence-corrected chi connectivity index (χ2v) is 5.78. The predicted molar refractivity (Wildman–Crippen MR) is 76.8 cm³/mol. The molecule has 106 valence electrons. The summed E-state index contributed by atoms with van der Waals surface area (Å²) in [6, 6.07) is 0.327. The highest BCUT2D eigenvalue weighted by Crippen LogP contribution is 1.99. The summed E-state index contributed by atoms with van der Waals surface area (Å²) in [5.74, 6) is 0.682. The molecule has 1 unspecified atom stereocenters. The van der Waals surface area contributed by atoms with Crippen LogP contribution in [0.1, 0.15) is 41.0 Å². The van der Waals surface area contributed by atoms with Gasteiger partial charge < -0.3 is 15.5 Å². The lowest BCUT2D eigenvalue weighted by molar-refractivity contribution is -0.127. The maximum absolute atomic E-state index is 11.5. The zero-order chi connectivity index (χ0) is 14.3. The molecule has 0 aliphatic rings. The van der Waals surface area contributed by atoms with E-state index in [0.717, 1.165) is 6.42 Å². The molecule has 0 fully saturated rings. The van der Waals surface area contributed by atoms with Gasteiger partial charge in [0.1, 0.15) is 6.54 Å². The number of nitrogens with one attached hydrogen (secondary N) is 2. The van der Waals surface area contributed by atoms with E-state index in [1.165, 1.54) is 0 Å². The van der Waals surface area contributed by atoms with E-state index in [1.54, 1.807) is 19.0 Å². The number of hydrogen-bond donors (Lipinski definition) is 2. The second kappa shape index (κ2) is 7.24. The van der Waals surface area contributed by atoms with E-state index < -0.39 is 0 Å². The fourth-order valence-corrected chi connectivity index (χ4v) is 1.10. The van der Waals surface area contributed by atoms with E-state index in [-0.39, 0.29) is 18.0 Å².